The SMILES string of the molecule is C=CCOc1c(N2CCOCC2)cnn(C)c1=O. The van der Waals surface area contributed by atoms with Crippen LogP contribution in [0.4, 0.5) is 5.69 Å². The van der Waals surface area contributed by atoms with Crippen molar-refractivity contribution < 1.29 is 9.47 Å². The molecule has 1 saturated heterocycles. The van der Waals surface area contributed by atoms with E-state index in [9.17, 15) is 4.79 Å². The molecule has 0 aromatic carbocycles. The van der Waals surface area contributed by atoms with Crippen LogP contribution in [0.2, 0.25) is 0 Å². The minimum absolute atomic E-state index is 0.235. The Bertz CT molecular complexity index is 478. The molecular weight excluding hydrogens is 234 g/mol. The third kappa shape index (κ3) is 2.53. The number of ether oxygens (including phenoxy) is 2. The average Bonchev–Trinajstić information content (AvgIpc) is 2.41. The fourth-order valence-corrected chi connectivity index (χ4v) is 1.82. The second kappa shape index (κ2) is 5.68. The molecule has 0 saturated carbocycles. The third-order valence-electron chi connectivity index (χ3n) is 2.77. The quantitative estimate of drug-likeness (QED) is 0.715. The smallest absolute Gasteiger partial charge is 0.311 e. The summed E-state index contributed by atoms with van der Waals surface area (Å²) < 4.78 is 12.0. The van der Waals surface area contributed by atoms with Gasteiger partial charge in [-0.25, -0.2) is 4.68 Å². The fraction of sp³-hybridized carbons (Fsp3) is 0.500. The number of aryl methyl sites for hydroxylation is 1. The van der Waals surface area contributed by atoms with Crippen molar-refractivity contribution in [2.75, 3.05) is 37.8 Å². The summed E-state index contributed by atoms with van der Waals surface area (Å²) in [6.07, 6.45) is 3.27. The summed E-state index contributed by atoms with van der Waals surface area (Å²) in [6, 6.07) is 0. The Hall–Kier alpha value is -1.82. The Labute approximate surface area is 105 Å². The Morgan fingerprint density at radius 2 is 2.28 bits per heavy atom. The summed E-state index contributed by atoms with van der Waals surface area (Å²) in [5.74, 6) is 0.328. The summed E-state index contributed by atoms with van der Waals surface area (Å²) in [6.45, 7) is 6.66. The zero-order valence-corrected chi connectivity index (χ0v) is 10.5. The van der Waals surface area contributed by atoms with Crippen LogP contribution in [0.25, 0.3) is 0 Å². The normalized spacial score (nSPS) is 15.5. The maximum atomic E-state index is 12.0. The lowest BCUT2D eigenvalue weighted by Crippen LogP contribution is -2.38. The molecule has 98 valence electrons. The summed E-state index contributed by atoms with van der Waals surface area (Å²) in [5.41, 5.74) is 0.490. The van der Waals surface area contributed by atoms with Gasteiger partial charge < -0.3 is 14.4 Å². The van der Waals surface area contributed by atoms with Crippen molar-refractivity contribution in [2.45, 2.75) is 0 Å². The van der Waals surface area contributed by atoms with E-state index < -0.39 is 0 Å². The highest BCUT2D eigenvalue weighted by molar-refractivity contribution is 5.56. The van der Waals surface area contributed by atoms with Gasteiger partial charge in [-0.2, -0.15) is 5.10 Å². The topological polar surface area (TPSA) is 56.6 Å². The fourth-order valence-electron chi connectivity index (χ4n) is 1.82. The molecule has 1 aliphatic heterocycles. The molecule has 1 aromatic heterocycles. The third-order valence-corrected chi connectivity index (χ3v) is 2.77. The van der Waals surface area contributed by atoms with E-state index in [1.807, 2.05) is 0 Å². The molecule has 0 unspecified atom stereocenters. The van der Waals surface area contributed by atoms with Crippen molar-refractivity contribution in [3.63, 3.8) is 0 Å². The van der Waals surface area contributed by atoms with Gasteiger partial charge in [-0.3, -0.25) is 4.79 Å². The number of anilines is 1. The van der Waals surface area contributed by atoms with E-state index in [-0.39, 0.29) is 5.56 Å². The molecule has 1 aliphatic rings. The number of nitrogens with zero attached hydrogens (tertiary/aromatic N) is 3. The molecule has 0 aliphatic carbocycles. The van der Waals surface area contributed by atoms with Gasteiger partial charge >= 0.3 is 5.56 Å². The first-order chi connectivity index (χ1) is 8.74. The molecule has 2 heterocycles. The average molecular weight is 251 g/mol. The van der Waals surface area contributed by atoms with E-state index in [1.54, 1.807) is 19.3 Å². The number of rotatable bonds is 4. The first kappa shape index (κ1) is 12.6. The maximum absolute atomic E-state index is 12.0. The Balaban J connectivity index is 2.35. The molecule has 0 spiro atoms. The van der Waals surface area contributed by atoms with Gasteiger partial charge in [-0.1, -0.05) is 12.7 Å². The highest BCUT2D eigenvalue weighted by Crippen LogP contribution is 2.23. The Morgan fingerprint density at radius 1 is 1.56 bits per heavy atom. The molecule has 0 atom stereocenters. The van der Waals surface area contributed by atoms with Gasteiger partial charge in [0.25, 0.3) is 0 Å². The van der Waals surface area contributed by atoms with Gasteiger partial charge in [0.1, 0.15) is 12.3 Å². The van der Waals surface area contributed by atoms with Crippen LogP contribution in [0, 0.1) is 0 Å². The van der Waals surface area contributed by atoms with Crippen LogP contribution in [-0.4, -0.2) is 42.7 Å². The largest absolute Gasteiger partial charge is 0.482 e. The van der Waals surface area contributed by atoms with Gasteiger partial charge in [-0.05, 0) is 0 Å². The molecule has 0 N–H and O–H groups in total. The van der Waals surface area contributed by atoms with Crippen molar-refractivity contribution in [3.05, 3.63) is 29.2 Å². The molecule has 6 nitrogen and oxygen atoms in total. The monoisotopic (exact) mass is 251 g/mol. The van der Waals surface area contributed by atoms with Gasteiger partial charge in [0, 0.05) is 20.1 Å². The molecule has 0 amide bonds. The van der Waals surface area contributed by atoms with E-state index in [0.29, 0.717) is 25.6 Å². The van der Waals surface area contributed by atoms with Gasteiger partial charge in [0.2, 0.25) is 5.75 Å². The summed E-state index contributed by atoms with van der Waals surface area (Å²) >= 11 is 0. The van der Waals surface area contributed by atoms with Crippen LogP contribution in [-0.2, 0) is 11.8 Å². The van der Waals surface area contributed by atoms with Crippen molar-refractivity contribution >= 4 is 5.69 Å². The van der Waals surface area contributed by atoms with Crippen LogP contribution in [0.5, 0.6) is 5.75 Å². The van der Waals surface area contributed by atoms with Crippen molar-refractivity contribution in [2.24, 2.45) is 7.05 Å². The first-order valence-corrected chi connectivity index (χ1v) is 5.86. The van der Waals surface area contributed by atoms with Gasteiger partial charge in [0.15, 0.2) is 0 Å². The first-order valence-electron chi connectivity index (χ1n) is 5.86. The zero-order chi connectivity index (χ0) is 13.0. The summed E-state index contributed by atoms with van der Waals surface area (Å²) in [5, 5.41) is 4.04. The molecule has 0 bridgehead atoms. The summed E-state index contributed by atoms with van der Waals surface area (Å²) in [7, 11) is 1.60. The molecule has 18 heavy (non-hydrogen) atoms. The molecule has 1 aromatic rings. The standard InChI is InChI=1S/C12H17N3O3/c1-3-6-18-11-10(9-13-14(2)12(11)16)15-4-7-17-8-5-15/h3,9H,1,4-8H2,2H3. The van der Waals surface area contributed by atoms with Crippen LogP contribution < -0.4 is 15.2 Å². The molecule has 0 radical (unpaired) electrons. The highest BCUT2D eigenvalue weighted by Gasteiger charge is 2.19. The van der Waals surface area contributed by atoms with Crippen molar-refractivity contribution in [1.82, 2.24) is 9.78 Å². The maximum Gasteiger partial charge on any atom is 0.311 e. The summed E-state index contributed by atoms with van der Waals surface area (Å²) in [4.78, 5) is 14.1. The van der Waals surface area contributed by atoms with Crippen LogP contribution in [0.15, 0.2) is 23.6 Å². The Kier molecular flexibility index (Phi) is 3.99. The Morgan fingerprint density at radius 3 is 2.94 bits per heavy atom. The number of aromatic nitrogens is 2. The minimum Gasteiger partial charge on any atom is -0.482 e. The predicted molar refractivity (Wildman–Crippen MR) is 68.2 cm³/mol. The van der Waals surface area contributed by atoms with Crippen LogP contribution >= 0.6 is 0 Å². The van der Waals surface area contributed by atoms with E-state index in [0.717, 1.165) is 18.8 Å². The number of hydrogen-bond donors (Lipinski definition) is 0. The number of hydrogen-bond acceptors (Lipinski definition) is 5. The number of morpholine rings is 1. The van der Waals surface area contributed by atoms with E-state index in [1.165, 1.54) is 4.68 Å². The molecule has 6 heteroatoms. The van der Waals surface area contributed by atoms with Gasteiger partial charge in [-0.15, -0.1) is 0 Å². The predicted octanol–water partition coefficient (Wildman–Crippen LogP) is 0.182. The molecule has 2 rings (SSSR count). The van der Waals surface area contributed by atoms with Crippen molar-refractivity contribution in [1.29, 1.82) is 0 Å². The lowest BCUT2D eigenvalue weighted by molar-refractivity contribution is 0.122. The van der Waals surface area contributed by atoms with E-state index in [2.05, 4.69) is 16.6 Å². The van der Waals surface area contributed by atoms with Crippen molar-refractivity contribution in [3.8, 4) is 5.75 Å². The molecular formula is C12H17N3O3. The lowest BCUT2D eigenvalue weighted by Gasteiger charge is -2.29. The van der Waals surface area contributed by atoms with Crippen LogP contribution in [0.3, 0.4) is 0 Å². The van der Waals surface area contributed by atoms with E-state index in [4.69, 9.17) is 9.47 Å². The van der Waals surface area contributed by atoms with Gasteiger partial charge in [0.05, 0.1) is 19.4 Å². The molecule has 1 fully saturated rings. The van der Waals surface area contributed by atoms with E-state index >= 15 is 0 Å². The second-order valence-electron chi connectivity index (χ2n) is 3.99. The lowest BCUT2D eigenvalue weighted by atomic mass is 10.3. The zero-order valence-electron chi connectivity index (χ0n) is 10.5. The second-order valence-corrected chi connectivity index (χ2v) is 3.99. The van der Waals surface area contributed by atoms with Crippen LogP contribution in [0.1, 0.15) is 0 Å². The highest BCUT2D eigenvalue weighted by atomic mass is 16.5. The minimum atomic E-state index is -0.235.